The number of piperidine rings is 1. The zero-order valence-electron chi connectivity index (χ0n) is 10.9. The van der Waals surface area contributed by atoms with E-state index >= 15 is 0 Å². The van der Waals surface area contributed by atoms with E-state index in [0.717, 1.165) is 43.9 Å². The smallest absolute Gasteiger partial charge is 0.254 e. The van der Waals surface area contributed by atoms with Crippen LogP contribution in [0.15, 0.2) is 18.2 Å². The summed E-state index contributed by atoms with van der Waals surface area (Å²) in [4.78, 5) is 12.0. The fourth-order valence-corrected chi connectivity index (χ4v) is 3.11. The molecule has 3 rings (SSSR count). The molecule has 2 fully saturated rings. The van der Waals surface area contributed by atoms with Crippen molar-refractivity contribution < 1.29 is 13.6 Å². The van der Waals surface area contributed by atoms with Crippen molar-refractivity contribution >= 4 is 18.3 Å². The van der Waals surface area contributed by atoms with E-state index in [1.54, 1.807) is 0 Å². The number of rotatable bonds is 2. The lowest BCUT2D eigenvalue weighted by Crippen LogP contribution is -2.48. The molecule has 2 unspecified atom stereocenters. The molecule has 2 N–H and O–H groups in total. The molecule has 1 amide bonds. The number of amides is 1. The minimum absolute atomic E-state index is 0. The van der Waals surface area contributed by atoms with Gasteiger partial charge >= 0.3 is 0 Å². The lowest BCUT2D eigenvalue weighted by Gasteiger charge is -2.29. The van der Waals surface area contributed by atoms with Crippen molar-refractivity contribution in [1.82, 2.24) is 10.6 Å². The minimum Gasteiger partial charge on any atom is -0.349 e. The summed E-state index contributed by atoms with van der Waals surface area (Å²) in [5, 5.41) is 6.29. The first kappa shape index (κ1) is 15.2. The van der Waals surface area contributed by atoms with Crippen LogP contribution >= 0.6 is 12.4 Å². The van der Waals surface area contributed by atoms with Crippen LogP contribution in [-0.2, 0) is 0 Å². The molecule has 0 aliphatic carbocycles. The van der Waals surface area contributed by atoms with Crippen molar-refractivity contribution in [1.29, 1.82) is 0 Å². The fourth-order valence-electron chi connectivity index (χ4n) is 3.11. The van der Waals surface area contributed by atoms with Gasteiger partial charge in [0.1, 0.15) is 11.6 Å². The van der Waals surface area contributed by atoms with Crippen molar-refractivity contribution in [2.24, 2.45) is 0 Å². The predicted molar refractivity (Wildman–Crippen MR) is 74.0 cm³/mol. The summed E-state index contributed by atoms with van der Waals surface area (Å²) < 4.78 is 26.6. The van der Waals surface area contributed by atoms with Crippen molar-refractivity contribution in [3.8, 4) is 0 Å². The third-order valence-electron chi connectivity index (χ3n) is 3.98. The van der Waals surface area contributed by atoms with E-state index in [2.05, 4.69) is 10.6 Å². The van der Waals surface area contributed by atoms with E-state index in [1.165, 1.54) is 0 Å². The van der Waals surface area contributed by atoms with Gasteiger partial charge in [-0.15, -0.1) is 12.4 Å². The second-order valence-electron chi connectivity index (χ2n) is 5.40. The average Bonchev–Trinajstić information content (AvgIpc) is 2.71. The van der Waals surface area contributed by atoms with Crippen LogP contribution < -0.4 is 10.6 Å². The summed E-state index contributed by atoms with van der Waals surface area (Å²) >= 11 is 0. The van der Waals surface area contributed by atoms with Gasteiger partial charge in [-0.25, -0.2) is 8.78 Å². The highest BCUT2D eigenvalue weighted by Gasteiger charge is 2.34. The summed E-state index contributed by atoms with van der Waals surface area (Å²) in [5.41, 5.74) is -0.217. The van der Waals surface area contributed by atoms with E-state index in [4.69, 9.17) is 0 Å². The third-order valence-corrected chi connectivity index (χ3v) is 3.98. The number of nitrogens with one attached hydrogen (secondary N) is 2. The Bertz CT molecular complexity index is 500. The van der Waals surface area contributed by atoms with Gasteiger partial charge in [-0.2, -0.15) is 0 Å². The molecule has 2 aliphatic rings. The number of fused-ring (bicyclic) bond motifs is 2. The number of carbonyl (C=O) groups excluding carboxylic acids is 1. The quantitative estimate of drug-likeness (QED) is 0.881. The number of halogens is 3. The molecule has 1 aromatic rings. The van der Waals surface area contributed by atoms with Gasteiger partial charge in [0.05, 0.1) is 5.56 Å². The minimum atomic E-state index is -0.684. The summed E-state index contributed by atoms with van der Waals surface area (Å²) in [6.07, 6.45) is 3.98. The van der Waals surface area contributed by atoms with Crippen LogP contribution in [0.4, 0.5) is 8.78 Å². The Balaban J connectivity index is 0.00000147. The molecule has 6 heteroatoms. The highest BCUT2D eigenvalue weighted by molar-refractivity contribution is 5.94. The molecule has 0 aromatic heterocycles. The van der Waals surface area contributed by atoms with Crippen LogP contribution in [0.1, 0.15) is 36.0 Å². The van der Waals surface area contributed by atoms with Crippen molar-refractivity contribution in [2.45, 2.75) is 43.8 Å². The summed E-state index contributed by atoms with van der Waals surface area (Å²) in [7, 11) is 0. The fraction of sp³-hybridized carbons (Fsp3) is 0.500. The highest BCUT2D eigenvalue weighted by Crippen LogP contribution is 2.27. The molecule has 2 saturated heterocycles. The van der Waals surface area contributed by atoms with Gasteiger partial charge in [-0.1, -0.05) is 0 Å². The van der Waals surface area contributed by atoms with Gasteiger partial charge in [0, 0.05) is 18.1 Å². The Morgan fingerprint density at radius 2 is 1.85 bits per heavy atom. The van der Waals surface area contributed by atoms with Crippen LogP contribution in [-0.4, -0.2) is 24.0 Å². The van der Waals surface area contributed by atoms with Crippen molar-refractivity contribution in [2.75, 3.05) is 0 Å². The zero-order chi connectivity index (χ0) is 13.4. The maximum absolute atomic E-state index is 13.5. The molecular formula is C14H17ClF2N2O. The lowest BCUT2D eigenvalue weighted by atomic mass is 9.99. The van der Waals surface area contributed by atoms with E-state index in [-0.39, 0.29) is 24.0 Å². The molecule has 0 spiro atoms. The van der Waals surface area contributed by atoms with Crippen LogP contribution in [0.25, 0.3) is 0 Å². The lowest BCUT2D eigenvalue weighted by molar-refractivity contribution is 0.0919. The summed E-state index contributed by atoms with van der Waals surface area (Å²) in [6.45, 7) is 0. The molecule has 2 heterocycles. The molecule has 2 bridgehead atoms. The highest BCUT2D eigenvalue weighted by atomic mass is 35.5. The molecule has 20 heavy (non-hydrogen) atoms. The first-order chi connectivity index (χ1) is 9.11. The maximum atomic E-state index is 13.5. The summed E-state index contributed by atoms with van der Waals surface area (Å²) in [5.74, 6) is -1.81. The zero-order valence-corrected chi connectivity index (χ0v) is 11.7. The van der Waals surface area contributed by atoms with E-state index in [0.29, 0.717) is 12.1 Å². The second kappa shape index (κ2) is 6.06. The van der Waals surface area contributed by atoms with Crippen LogP contribution in [0.5, 0.6) is 0 Å². The Morgan fingerprint density at radius 1 is 1.20 bits per heavy atom. The van der Waals surface area contributed by atoms with Gasteiger partial charge in [0.2, 0.25) is 0 Å². The molecular weight excluding hydrogens is 286 g/mol. The van der Waals surface area contributed by atoms with Gasteiger partial charge in [0.25, 0.3) is 5.91 Å². The predicted octanol–water partition coefficient (Wildman–Crippen LogP) is 2.40. The normalized spacial score (nSPS) is 27.8. The second-order valence-corrected chi connectivity index (χ2v) is 5.40. The molecule has 0 radical (unpaired) electrons. The first-order valence-electron chi connectivity index (χ1n) is 6.64. The number of hydrogen-bond donors (Lipinski definition) is 2. The molecule has 2 atom stereocenters. The number of benzene rings is 1. The molecule has 0 saturated carbocycles. The molecule has 1 aromatic carbocycles. The van der Waals surface area contributed by atoms with Crippen LogP contribution in [0, 0.1) is 11.6 Å². The largest absolute Gasteiger partial charge is 0.349 e. The Hall–Kier alpha value is -1.20. The number of hydrogen-bond acceptors (Lipinski definition) is 2. The Labute approximate surface area is 122 Å². The first-order valence-corrected chi connectivity index (χ1v) is 6.64. The monoisotopic (exact) mass is 302 g/mol. The van der Waals surface area contributed by atoms with Gasteiger partial charge < -0.3 is 10.6 Å². The maximum Gasteiger partial charge on any atom is 0.254 e. The standard InChI is InChI=1S/C14H16F2N2O.ClH/c15-8-1-4-13(16)12(5-8)14(19)18-11-6-9-2-3-10(7-11)17-9;/h1,4-5,9-11,17H,2-3,6-7H2,(H,18,19);1H. The van der Waals surface area contributed by atoms with E-state index in [1.807, 2.05) is 0 Å². The average molecular weight is 303 g/mol. The SMILES string of the molecule is Cl.O=C(NC1CC2CCC(C1)N2)c1cc(F)ccc1F. The van der Waals surface area contributed by atoms with Gasteiger partial charge in [-0.05, 0) is 43.9 Å². The van der Waals surface area contributed by atoms with E-state index in [9.17, 15) is 13.6 Å². The molecule has 2 aliphatic heterocycles. The van der Waals surface area contributed by atoms with Crippen molar-refractivity contribution in [3.05, 3.63) is 35.4 Å². The number of carbonyl (C=O) groups is 1. The van der Waals surface area contributed by atoms with Crippen LogP contribution in [0.2, 0.25) is 0 Å². The van der Waals surface area contributed by atoms with Gasteiger partial charge in [-0.3, -0.25) is 4.79 Å². The van der Waals surface area contributed by atoms with Gasteiger partial charge in [0.15, 0.2) is 0 Å². The topological polar surface area (TPSA) is 41.1 Å². The molecule has 110 valence electrons. The Kier molecular flexibility index (Phi) is 4.60. The van der Waals surface area contributed by atoms with Crippen LogP contribution in [0.3, 0.4) is 0 Å². The van der Waals surface area contributed by atoms with Crippen molar-refractivity contribution in [3.63, 3.8) is 0 Å². The summed E-state index contributed by atoms with van der Waals surface area (Å²) in [6, 6.07) is 3.88. The van der Waals surface area contributed by atoms with E-state index < -0.39 is 17.5 Å². The third kappa shape index (κ3) is 3.10. The Morgan fingerprint density at radius 3 is 2.50 bits per heavy atom. The molecule has 3 nitrogen and oxygen atoms in total.